The van der Waals surface area contributed by atoms with Gasteiger partial charge in [0, 0.05) is 0 Å². The van der Waals surface area contributed by atoms with Crippen molar-refractivity contribution in [3.05, 3.63) is 11.5 Å². The zero-order chi connectivity index (χ0) is 9.35. The van der Waals surface area contributed by atoms with Crippen LogP contribution in [0.25, 0.3) is 0 Å². The number of allylic oxidation sites excluding steroid dienone is 2. The molecule has 0 fully saturated rings. The largest absolute Gasteiger partial charge is 1.00 e. The summed E-state index contributed by atoms with van der Waals surface area (Å²) < 4.78 is 36.0. The molecule has 0 bridgehead atoms. The standard InChI is InChI=1S/C6H7BF3O2.K/c8-7(9,10)5-2-1-4(3-5)6(11)12;/h2,4H,1,3H2,(H,11,12);/q-1;+1. The molecule has 0 aromatic heterocycles. The fourth-order valence-electron chi connectivity index (χ4n) is 1.20. The van der Waals surface area contributed by atoms with Crippen molar-refractivity contribution in [3.8, 4) is 0 Å². The van der Waals surface area contributed by atoms with Crippen molar-refractivity contribution < 1.29 is 74.2 Å². The van der Waals surface area contributed by atoms with Crippen LogP contribution in [0.15, 0.2) is 11.5 Å². The number of hydrogen-bond donors (Lipinski definition) is 1. The first kappa shape index (κ1) is 13.7. The molecule has 0 aromatic rings. The maximum atomic E-state index is 12.0. The summed E-state index contributed by atoms with van der Waals surface area (Å²) in [5.74, 6) is -2.02. The smallest absolute Gasteiger partial charge is 0.481 e. The topological polar surface area (TPSA) is 37.3 Å². The predicted octanol–water partition coefficient (Wildman–Crippen LogP) is -1.20. The molecule has 0 heterocycles. The number of carboxylic acid groups (broad SMARTS) is 1. The molecule has 7 heteroatoms. The molecular weight excluding hydrogens is 211 g/mol. The first-order valence-electron chi connectivity index (χ1n) is 3.53. The van der Waals surface area contributed by atoms with Gasteiger partial charge in [0.15, 0.2) is 0 Å². The Morgan fingerprint density at radius 2 is 2.08 bits per heavy atom. The second-order valence-electron chi connectivity index (χ2n) is 2.83. The van der Waals surface area contributed by atoms with Crippen molar-refractivity contribution in [1.82, 2.24) is 0 Å². The van der Waals surface area contributed by atoms with E-state index >= 15 is 0 Å². The average Bonchev–Trinajstić information content (AvgIpc) is 2.30. The van der Waals surface area contributed by atoms with Gasteiger partial charge in [0.25, 0.3) is 0 Å². The van der Waals surface area contributed by atoms with Gasteiger partial charge in [0.1, 0.15) is 0 Å². The van der Waals surface area contributed by atoms with Crippen molar-refractivity contribution in [3.63, 3.8) is 0 Å². The Hall–Kier alpha value is 0.701. The van der Waals surface area contributed by atoms with Crippen LogP contribution < -0.4 is 51.4 Å². The van der Waals surface area contributed by atoms with E-state index in [2.05, 4.69) is 0 Å². The summed E-state index contributed by atoms with van der Waals surface area (Å²) in [6.45, 7) is -4.97. The Bertz CT molecular complexity index is 239. The van der Waals surface area contributed by atoms with Crippen LogP contribution in [0.1, 0.15) is 12.8 Å². The minimum absolute atomic E-state index is 0. The van der Waals surface area contributed by atoms with Crippen molar-refractivity contribution >= 4 is 12.9 Å². The van der Waals surface area contributed by atoms with E-state index < -0.39 is 24.3 Å². The van der Waals surface area contributed by atoms with Gasteiger partial charge in [-0.2, -0.15) is 0 Å². The molecule has 68 valence electrons. The quantitative estimate of drug-likeness (QED) is 0.591. The van der Waals surface area contributed by atoms with E-state index in [1.165, 1.54) is 0 Å². The van der Waals surface area contributed by atoms with Crippen molar-refractivity contribution in [2.24, 2.45) is 5.92 Å². The first-order chi connectivity index (χ1) is 5.41. The Kier molecular flexibility index (Phi) is 5.24. The number of hydrogen-bond acceptors (Lipinski definition) is 1. The molecule has 0 radical (unpaired) electrons. The molecule has 1 rings (SSSR count). The van der Waals surface area contributed by atoms with Crippen LogP contribution in [0, 0.1) is 5.92 Å². The number of halogens is 3. The summed E-state index contributed by atoms with van der Waals surface area (Å²) in [7, 11) is 0. The Balaban J connectivity index is 0.00000144. The molecule has 1 unspecified atom stereocenters. The number of carbonyl (C=O) groups is 1. The molecule has 1 atom stereocenters. The van der Waals surface area contributed by atoms with E-state index in [9.17, 15) is 17.7 Å². The molecule has 2 nitrogen and oxygen atoms in total. The van der Waals surface area contributed by atoms with Crippen molar-refractivity contribution in [2.45, 2.75) is 12.8 Å². The molecule has 13 heavy (non-hydrogen) atoms. The number of carboxylic acids is 1. The minimum Gasteiger partial charge on any atom is -0.481 e. The molecule has 0 spiro atoms. The van der Waals surface area contributed by atoms with Crippen LogP contribution in [-0.4, -0.2) is 18.1 Å². The minimum atomic E-state index is -4.97. The normalized spacial score (nSPS) is 22.1. The van der Waals surface area contributed by atoms with E-state index in [0.717, 1.165) is 6.08 Å². The Morgan fingerprint density at radius 3 is 2.31 bits per heavy atom. The Morgan fingerprint density at radius 1 is 1.54 bits per heavy atom. The molecule has 0 amide bonds. The van der Waals surface area contributed by atoms with Gasteiger partial charge in [-0.05, 0) is 12.8 Å². The van der Waals surface area contributed by atoms with Gasteiger partial charge in [0.05, 0.1) is 5.92 Å². The van der Waals surface area contributed by atoms with Gasteiger partial charge in [-0.1, -0.05) is 0 Å². The van der Waals surface area contributed by atoms with E-state index in [0.29, 0.717) is 0 Å². The van der Waals surface area contributed by atoms with Gasteiger partial charge < -0.3 is 18.1 Å². The third-order valence-electron chi connectivity index (χ3n) is 1.92. The summed E-state index contributed by atoms with van der Waals surface area (Å²) in [4.78, 5) is 10.3. The van der Waals surface area contributed by atoms with Crippen LogP contribution in [0.3, 0.4) is 0 Å². The second kappa shape index (κ2) is 4.97. The van der Waals surface area contributed by atoms with Crippen LogP contribution in [0.4, 0.5) is 12.9 Å². The molecule has 0 saturated carbocycles. The number of rotatable bonds is 2. The molecule has 0 saturated heterocycles. The monoisotopic (exact) mass is 218 g/mol. The molecular formula is C6H7BF3KO2. The molecule has 0 aliphatic heterocycles. The molecule has 1 N–H and O–H groups in total. The Labute approximate surface area is 116 Å². The van der Waals surface area contributed by atoms with Gasteiger partial charge in [0.2, 0.25) is 0 Å². The summed E-state index contributed by atoms with van der Waals surface area (Å²) in [6, 6.07) is 0. The molecule has 1 aliphatic rings. The van der Waals surface area contributed by atoms with Crippen molar-refractivity contribution in [1.29, 1.82) is 0 Å². The molecule has 1 aliphatic carbocycles. The summed E-state index contributed by atoms with van der Waals surface area (Å²) in [5, 5.41) is 8.40. The first-order valence-corrected chi connectivity index (χ1v) is 3.53. The van der Waals surface area contributed by atoms with Crippen LogP contribution in [0.2, 0.25) is 0 Å². The van der Waals surface area contributed by atoms with E-state index in [1.807, 2.05) is 0 Å². The SMILES string of the molecule is O=C(O)C1CC=C([B-](F)(F)F)C1.[K+]. The predicted molar refractivity (Wildman–Crippen MR) is 37.5 cm³/mol. The second-order valence-corrected chi connectivity index (χ2v) is 2.83. The summed E-state index contributed by atoms with van der Waals surface area (Å²) in [6.07, 6.45) is 0.629. The van der Waals surface area contributed by atoms with Crippen molar-refractivity contribution in [2.75, 3.05) is 0 Å². The fourth-order valence-corrected chi connectivity index (χ4v) is 1.20. The maximum Gasteiger partial charge on any atom is 1.00 e. The third-order valence-corrected chi connectivity index (χ3v) is 1.92. The van der Waals surface area contributed by atoms with Crippen LogP contribution >= 0.6 is 0 Å². The third kappa shape index (κ3) is 3.75. The zero-order valence-corrected chi connectivity index (χ0v) is 10.3. The van der Waals surface area contributed by atoms with Gasteiger partial charge >= 0.3 is 64.3 Å². The number of aliphatic carboxylic acids is 1. The van der Waals surface area contributed by atoms with Gasteiger partial charge in [-0.25, -0.2) is 0 Å². The van der Waals surface area contributed by atoms with E-state index in [-0.39, 0.29) is 64.2 Å². The maximum absolute atomic E-state index is 12.0. The van der Waals surface area contributed by atoms with Gasteiger partial charge in [-0.3, -0.25) is 4.79 Å². The zero-order valence-electron chi connectivity index (χ0n) is 7.14. The molecule has 0 aromatic carbocycles. The van der Waals surface area contributed by atoms with Crippen LogP contribution in [0.5, 0.6) is 0 Å². The van der Waals surface area contributed by atoms with Gasteiger partial charge in [-0.15, -0.1) is 11.5 Å². The van der Waals surface area contributed by atoms with E-state index in [4.69, 9.17) is 5.11 Å². The average molecular weight is 218 g/mol. The van der Waals surface area contributed by atoms with E-state index in [1.54, 1.807) is 0 Å². The van der Waals surface area contributed by atoms with Crippen LogP contribution in [-0.2, 0) is 4.79 Å². The summed E-state index contributed by atoms with van der Waals surface area (Å²) in [5.41, 5.74) is -0.651. The summed E-state index contributed by atoms with van der Waals surface area (Å²) >= 11 is 0. The fraction of sp³-hybridized carbons (Fsp3) is 0.500.